The third-order valence-electron chi connectivity index (χ3n) is 3.82. The van der Waals surface area contributed by atoms with Crippen molar-refractivity contribution in [1.82, 2.24) is 0 Å². The van der Waals surface area contributed by atoms with Crippen LogP contribution in [0.3, 0.4) is 0 Å². The van der Waals surface area contributed by atoms with E-state index in [4.69, 9.17) is 23.4 Å². The average Bonchev–Trinajstić information content (AvgIpc) is 2.66. The van der Waals surface area contributed by atoms with Gasteiger partial charge < -0.3 is 23.4 Å². The minimum absolute atomic E-state index is 0.607. The monoisotopic (exact) mass is 390 g/mol. The van der Waals surface area contributed by atoms with Crippen molar-refractivity contribution in [2.45, 2.75) is 71.3 Å². The van der Waals surface area contributed by atoms with E-state index in [0.29, 0.717) is 62.6 Å². The highest BCUT2D eigenvalue weighted by Crippen LogP contribution is 2.02. The van der Waals surface area contributed by atoms with Gasteiger partial charge in [0, 0.05) is 6.61 Å². The van der Waals surface area contributed by atoms with Crippen molar-refractivity contribution in [3.63, 3.8) is 0 Å². The van der Waals surface area contributed by atoms with Crippen LogP contribution >= 0.6 is 0 Å². The highest BCUT2D eigenvalue weighted by Gasteiger charge is 1.95. The Hall–Kier alpha value is 0.0169. The molecule has 5 nitrogen and oxygen atoms in total. The Morgan fingerprint density at radius 3 is 1.46 bits per heavy atom. The van der Waals surface area contributed by atoms with Gasteiger partial charge in [0.1, 0.15) is 0 Å². The molecule has 0 unspecified atom stereocenters. The van der Waals surface area contributed by atoms with E-state index < -0.39 is 0 Å². The molecule has 0 N–H and O–H groups in total. The first-order valence-corrected chi connectivity index (χ1v) is 11.7. The normalized spacial score (nSPS) is 11.3. The van der Waals surface area contributed by atoms with Crippen LogP contribution in [0, 0.1) is 0 Å². The predicted octanol–water partition coefficient (Wildman–Crippen LogP) is 4.27. The van der Waals surface area contributed by atoms with E-state index in [9.17, 15) is 0 Å². The summed E-state index contributed by atoms with van der Waals surface area (Å²) in [7, 11) is 0.616. The summed E-state index contributed by atoms with van der Waals surface area (Å²) in [5.74, 6) is 0. The summed E-state index contributed by atoms with van der Waals surface area (Å²) in [5, 5.41) is 0. The summed E-state index contributed by atoms with van der Waals surface area (Å²) in [5.41, 5.74) is 0. The third-order valence-corrected chi connectivity index (χ3v) is 4.79. The summed E-state index contributed by atoms with van der Waals surface area (Å²) in [6.07, 6.45) is 10.2. The molecule has 0 bridgehead atoms. The Bertz CT molecular complexity index is 220. The second-order valence-corrected chi connectivity index (χ2v) is 7.39. The van der Waals surface area contributed by atoms with E-state index >= 15 is 0 Å². The lowest BCUT2D eigenvalue weighted by molar-refractivity contribution is -0.00480. The molecule has 0 atom stereocenters. The SMILES string of the molecule is CCCCCCOCCOCCOCCOCCO[Si]CCCCCC. The van der Waals surface area contributed by atoms with Gasteiger partial charge in [-0.25, -0.2) is 0 Å². The van der Waals surface area contributed by atoms with Gasteiger partial charge in [0.25, 0.3) is 0 Å². The number of rotatable bonds is 23. The second kappa shape index (κ2) is 25.0. The molecule has 0 saturated heterocycles. The van der Waals surface area contributed by atoms with Crippen LogP contribution in [0.5, 0.6) is 0 Å². The average molecular weight is 391 g/mol. The molecule has 0 aromatic heterocycles. The molecule has 2 radical (unpaired) electrons. The highest BCUT2D eigenvalue weighted by molar-refractivity contribution is 6.26. The molecule has 0 fully saturated rings. The van der Waals surface area contributed by atoms with Gasteiger partial charge >= 0.3 is 0 Å². The van der Waals surface area contributed by atoms with Crippen LogP contribution in [0.1, 0.15) is 65.2 Å². The largest absolute Gasteiger partial charge is 0.415 e. The van der Waals surface area contributed by atoms with Crippen LogP contribution < -0.4 is 0 Å². The van der Waals surface area contributed by atoms with E-state index in [1.165, 1.54) is 51.0 Å². The Balaban J connectivity index is 2.95. The fourth-order valence-electron chi connectivity index (χ4n) is 2.26. The topological polar surface area (TPSA) is 46.2 Å². The van der Waals surface area contributed by atoms with E-state index in [1.54, 1.807) is 0 Å². The quantitative estimate of drug-likeness (QED) is 0.193. The predicted molar refractivity (Wildman–Crippen MR) is 108 cm³/mol. The highest BCUT2D eigenvalue weighted by atomic mass is 28.2. The van der Waals surface area contributed by atoms with Gasteiger partial charge in [0.2, 0.25) is 9.76 Å². The van der Waals surface area contributed by atoms with Gasteiger partial charge in [0.15, 0.2) is 0 Å². The van der Waals surface area contributed by atoms with Crippen molar-refractivity contribution < 1.29 is 23.4 Å². The second-order valence-electron chi connectivity index (χ2n) is 6.31. The van der Waals surface area contributed by atoms with E-state index in [-0.39, 0.29) is 0 Å². The molecule has 26 heavy (non-hydrogen) atoms. The van der Waals surface area contributed by atoms with Gasteiger partial charge in [-0.15, -0.1) is 0 Å². The summed E-state index contributed by atoms with van der Waals surface area (Å²) in [4.78, 5) is 0. The lowest BCUT2D eigenvalue weighted by Gasteiger charge is -2.08. The molecule has 0 rings (SSSR count). The van der Waals surface area contributed by atoms with Crippen LogP contribution in [-0.2, 0) is 23.4 Å². The summed E-state index contributed by atoms with van der Waals surface area (Å²) in [6.45, 7) is 10.4. The molecule has 6 heteroatoms. The molecule has 0 spiro atoms. The Labute approximate surface area is 164 Å². The zero-order chi connectivity index (χ0) is 19.0. The maximum Gasteiger partial charge on any atom is 0.229 e. The first-order chi connectivity index (χ1) is 12.9. The van der Waals surface area contributed by atoms with Crippen molar-refractivity contribution in [2.24, 2.45) is 0 Å². The molecule has 0 aliphatic carbocycles. The van der Waals surface area contributed by atoms with Crippen molar-refractivity contribution in [3.8, 4) is 0 Å². The Morgan fingerprint density at radius 1 is 0.462 bits per heavy atom. The summed E-state index contributed by atoms with van der Waals surface area (Å²) in [6, 6.07) is 1.19. The van der Waals surface area contributed by atoms with Crippen molar-refractivity contribution in [2.75, 3.05) is 59.5 Å². The molecule has 156 valence electrons. The molecule has 0 aromatic carbocycles. The Morgan fingerprint density at radius 2 is 0.923 bits per heavy atom. The Kier molecular flexibility index (Phi) is 25.0. The van der Waals surface area contributed by atoms with Crippen molar-refractivity contribution in [1.29, 1.82) is 0 Å². The molecular formula is C20H42O5Si. The molecular weight excluding hydrogens is 348 g/mol. The molecule has 0 amide bonds. The zero-order valence-corrected chi connectivity index (χ0v) is 18.3. The van der Waals surface area contributed by atoms with E-state index in [0.717, 1.165) is 13.0 Å². The van der Waals surface area contributed by atoms with Gasteiger partial charge in [-0.05, 0) is 12.5 Å². The first-order valence-electron chi connectivity index (χ1n) is 10.6. The van der Waals surface area contributed by atoms with Gasteiger partial charge in [-0.3, -0.25) is 0 Å². The fourth-order valence-corrected chi connectivity index (χ4v) is 3.03. The minimum atomic E-state index is 0.607. The van der Waals surface area contributed by atoms with E-state index in [2.05, 4.69) is 13.8 Å². The van der Waals surface area contributed by atoms with Crippen LogP contribution in [-0.4, -0.2) is 69.2 Å². The standard InChI is InChI=1S/C20H42O5Si/c1-3-5-7-9-11-21-12-13-22-14-15-23-16-17-24-18-19-25-26-20-10-8-6-4-2/h3-20H2,1-2H3. The van der Waals surface area contributed by atoms with Crippen LogP contribution in [0.4, 0.5) is 0 Å². The molecule has 0 saturated carbocycles. The van der Waals surface area contributed by atoms with Gasteiger partial charge in [0.05, 0.1) is 52.9 Å². The van der Waals surface area contributed by atoms with Crippen LogP contribution in [0.15, 0.2) is 0 Å². The van der Waals surface area contributed by atoms with Crippen LogP contribution in [0.25, 0.3) is 0 Å². The molecule has 0 heterocycles. The summed E-state index contributed by atoms with van der Waals surface area (Å²) >= 11 is 0. The van der Waals surface area contributed by atoms with Crippen molar-refractivity contribution >= 4 is 9.76 Å². The number of hydrogen-bond acceptors (Lipinski definition) is 5. The lowest BCUT2D eigenvalue weighted by atomic mass is 10.2. The maximum absolute atomic E-state index is 5.56. The fraction of sp³-hybridized carbons (Fsp3) is 1.00. The maximum atomic E-state index is 5.56. The minimum Gasteiger partial charge on any atom is -0.415 e. The third kappa shape index (κ3) is 24.0. The van der Waals surface area contributed by atoms with Gasteiger partial charge in [-0.2, -0.15) is 0 Å². The summed E-state index contributed by atoms with van der Waals surface area (Å²) < 4.78 is 27.5. The van der Waals surface area contributed by atoms with Crippen molar-refractivity contribution in [3.05, 3.63) is 0 Å². The number of ether oxygens (including phenoxy) is 4. The number of unbranched alkanes of at least 4 members (excludes halogenated alkanes) is 6. The molecule has 0 aromatic rings. The van der Waals surface area contributed by atoms with E-state index in [1.807, 2.05) is 0 Å². The molecule has 0 aliphatic rings. The van der Waals surface area contributed by atoms with Crippen LogP contribution in [0.2, 0.25) is 6.04 Å². The first kappa shape index (κ1) is 26.0. The van der Waals surface area contributed by atoms with Gasteiger partial charge in [-0.1, -0.05) is 58.8 Å². The number of hydrogen-bond donors (Lipinski definition) is 0. The lowest BCUT2D eigenvalue weighted by Crippen LogP contribution is -2.13. The molecule has 0 aliphatic heterocycles. The zero-order valence-electron chi connectivity index (χ0n) is 17.3. The smallest absolute Gasteiger partial charge is 0.229 e.